The summed E-state index contributed by atoms with van der Waals surface area (Å²) in [6.07, 6.45) is 5.08. The molecule has 2 rings (SSSR count). The van der Waals surface area contributed by atoms with Gasteiger partial charge in [-0.1, -0.05) is 12.5 Å². The van der Waals surface area contributed by atoms with Gasteiger partial charge in [0, 0.05) is 36.9 Å². The van der Waals surface area contributed by atoms with Gasteiger partial charge >= 0.3 is 0 Å². The Labute approximate surface area is 114 Å². The first-order valence-electron chi connectivity index (χ1n) is 6.63. The van der Waals surface area contributed by atoms with E-state index in [9.17, 15) is 0 Å². The summed E-state index contributed by atoms with van der Waals surface area (Å²) in [7, 11) is 3.87. The summed E-state index contributed by atoms with van der Waals surface area (Å²) < 4.78 is 2.11. The lowest BCUT2D eigenvalue weighted by Crippen LogP contribution is -2.00. The highest BCUT2D eigenvalue weighted by Gasteiger charge is 2.07. The van der Waals surface area contributed by atoms with Gasteiger partial charge in [-0.3, -0.25) is 4.99 Å². The van der Waals surface area contributed by atoms with Gasteiger partial charge in [0.05, 0.1) is 5.71 Å². The minimum atomic E-state index is 0.996. The molecule has 0 saturated heterocycles. The van der Waals surface area contributed by atoms with E-state index in [1.807, 2.05) is 20.3 Å². The van der Waals surface area contributed by atoms with Crippen LogP contribution in [0, 0.1) is 6.92 Å². The molecule has 2 heterocycles. The number of hydrogen-bond donors (Lipinski definition) is 0. The normalized spacial score (nSPS) is 13.3. The van der Waals surface area contributed by atoms with Gasteiger partial charge in [-0.25, -0.2) is 4.98 Å². The Morgan fingerprint density at radius 2 is 2.16 bits per heavy atom. The average Bonchev–Trinajstić information content (AvgIpc) is 2.70. The number of rotatable bonds is 3. The van der Waals surface area contributed by atoms with Crippen molar-refractivity contribution in [2.45, 2.75) is 27.2 Å². The molecule has 2 aromatic rings. The Morgan fingerprint density at radius 3 is 2.79 bits per heavy atom. The average molecular weight is 255 g/mol. The van der Waals surface area contributed by atoms with Crippen LogP contribution in [0.5, 0.6) is 0 Å². The van der Waals surface area contributed by atoms with Crippen molar-refractivity contribution in [1.82, 2.24) is 9.55 Å². The monoisotopic (exact) mass is 255 g/mol. The van der Waals surface area contributed by atoms with Crippen LogP contribution in [-0.4, -0.2) is 22.3 Å². The first-order chi connectivity index (χ1) is 9.06. The molecule has 0 aliphatic carbocycles. The zero-order chi connectivity index (χ0) is 14.0. The molecule has 0 amide bonds. The Morgan fingerprint density at radius 1 is 1.42 bits per heavy atom. The smallest absolute Gasteiger partial charge is 0.139 e. The van der Waals surface area contributed by atoms with E-state index in [4.69, 9.17) is 0 Å². The van der Waals surface area contributed by atoms with Crippen LogP contribution in [-0.2, 0) is 7.05 Å². The van der Waals surface area contributed by atoms with Gasteiger partial charge in [0.2, 0.25) is 0 Å². The number of hydrogen-bond acceptors (Lipinski definition) is 2. The van der Waals surface area contributed by atoms with Crippen molar-refractivity contribution in [1.29, 1.82) is 0 Å². The minimum Gasteiger partial charge on any atom is -0.333 e. The van der Waals surface area contributed by atoms with E-state index in [1.54, 1.807) is 0 Å². The Hall–Kier alpha value is -1.90. The molecule has 0 atom stereocenters. The summed E-state index contributed by atoms with van der Waals surface area (Å²) in [5, 5.41) is 1.17. The third-order valence-corrected chi connectivity index (χ3v) is 3.58. The Balaban J connectivity index is 2.51. The molecule has 0 radical (unpaired) electrons. The summed E-state index contributed by atoms with van der Waals surface area (Å²) in [6, 6.07) is 4.33. The van der Waals surface area contributed by atoms with E-state index in [1.165, 1.54) is 16.7 Å². The minimum absolute atomic E-state index is 0.996. The number of fused-ring (bicyclic) bond motifs is 1. The van der Waals surface area contributed by atoms with Crippen molar-refractivity contribution < 1.29 is 0 Å². The zero-order valence-corrected chi connectivity index (χ0v) is 12.4. The third-order valence-electron chi connectivity index (χ3n) is 3.58. The van der Waals surface area contributed by atoms with Crippen molar-refractivity contribution in [3.05, 3.63) is 41.2 Å². The first kappa shape index (κ1) is 13.5. The second-order valence-electron chi connectivity index (χ2n) is 4.93. The molecular formula is C16H21N3. The van der Waals surface area contributed by atoms with Gasteiger partial charge in [0.15, 0.2) is 0 Å². The molecule has 0 fully saturated rings. The largest absolute Gasteiger partial charge is 0.333 e. The Kier molecular flexibility index (Phi) is 3.84. The quantitative estimate of drug-likeness (QED) is 0.770. The van der Waals surface area contributed by atoms with E-state index in [2.05, 4.69) is 53.5 Å². The van der Waals surface area contributed by atoms with Crippen molar-refractivity contribution in [2.24, 2.45) is 12.0 Å². The van der Waals surface area contributed by atoms with Crippen molar-refractivity contribution in [2.75, 3.05) is 7.05 Å². The molecule has 0 aromatic carbocycles. The fraction of sp³-hybridized carbons (Fsp3) is 0.375. The maximum Gasteiger partial charge on any atom is 0.139 e. The Bertz CT molecular complexity index is 660. The van der Waals surface area contributed by atoms with Crippen LogP contribution in [0.4, 0.5) is 0 Å². The van der Waals surface area contributed by atoms with Gasteiger partial charge in [-0.05, 0) is 38.5 Å². The van der Waals surface area contributed by atoms with Gasteiger partial charge in [0.1, 0.15) is 5.65 Å². The predicted molar refractivity (Wildman–Crippen MR) is 82.0 cm³/mol. The molecule has 100 valence electrons. The van der Waals surface area contributed by atoms with E-state index >= 15 is 0 Å². The molecule has 0 spiro atoms. The van der Waals surface area contributed by atoms with Crippen molar-refractivity contribution in [3.63, 3.8) is 0 Å². The van der Waals surface area contributed by atoms with Crippen LogP contribution < -0.4 is 0 Å². The molecular weight excluding hydrogens is 234 g/mol. The second-order valence-corrected chi connectivity index (χ2v) is 4.93. The lowest BCUT2D eigenvalue weighted by atomic mass is 10.1. The van der Waals surface area contributed by atoms with Crippen LogP contribution in [0.3, 0.4) is 0 Å². The van der Waals surface area contributed by atoms with Crippen molar-refractivity contribution in [3.8, 4) is 0 Å². The summed E-state index contributed by atoms with van der Waals surface area (Å²) in [6.45, 7) is 6.38. The van der Waals surface area contributed by atoms with Crippen LogP contribution in [0.2, 0.25) is 0 Å². The van der Waals surface area contributed by atoms with E-state index < -0.39 is 0 Å². The second kappa shape index (κ2) is 5.39. The highest BCUT2D eigenvalue weighted by Crippen LogP contribution is 2.18. The van der Waals surface area contributed by atoms with Crippen LogP contribution in [0.25, 0.3) is 11.0 Å². The summed E-state index contributed by atoms with van der Waals surface area (Å²) in [4.78, 5) is 8.93. The number of pyridine rings is 1. The standard InChI is InChI=1S/C16H21N3/c1-6-11(2)7-15(17-4)14-9-13-8-12(3)19(5)16(13)18-10-14/h7-10H,6H2,1-5H3/b11-7-,17-15?. The molecule has 3 nitrogen and oxygen atoms in total. The van der Waals surface area contributed by atoms with E-state index in [-0.39, 0.29) is 0 Å². The summed E-state index contributed by atoms with van der Waals surface area (Å²) in [5.41, 5.74) is 5.64. The van der Waals surface area contributed by atoms with Crippen molar-refractivity contribution >= 4 is 16.7 Å². The molecule has 0 aliphatic rings. The maximum atomic E-state index is 4.56. The van der Waals surface area contributed by atoms with E-state index in [0.29, 0.717) is 0 Å². The molecule has 19 heavy (non-hydrogen) atoms. The van der Waals surface area contributed by atoms with Crippen LogP contribution in [0.15, 0.2) is 35.0 Å². The van der Waals surface area contributed by atoms with Gasteiger partial charge in [-0.2, -0.15) is 0 Å². The number of aryl methyl sites for hydroxylation is 2. The topological polar surface area (TPSA) is 30.2 Å². The maximum absolute atomic E-state index is 4.56. The van der Waals surface area contributed by atoms with E-state index in [0.717, 1.165) is 23.3 Å². The molecule has 0 bridgehead atoms. The number of allylic oxidation sites excluding steroid dienone is 2. The van der Waals surface area contributed by atoms with Gasteiger partial charge in [-0.15, -0.1) is 0 Å². The number of aliphatic imine (C=N–C) groups is 1. The lowest BCUT2D eigenvalue weighted by Gasteiger charge is -2.04. The van der Waals surface area contributed by atoms with Gasteiger partial charge in [0.25, 0.3) is 0 Å². The lowest BCUT2D eigenvalue weighted by molar-refractivity contribution is 0.902. The summed E-state index contributed by atoms with van der Waals surface area (Å²) in [5.74, 6) is 0. The highest BCUT2D eigenvalue weighted by atomic mass is 15.0. The molecule has 0 unspecified atom stereocenters. The number of aromatic nitrogens is 2. The third kappa shape index (κ3) is 2.60. The molecule has 0 aliphatic heterocycles. The molecule has 0 N–H and O–H groups in total. The fourth-order valence-corrected chi connectivity index (χ4v) is 2.10. The highest BCUT2D eigenvalue weighted by molar-refractivity contribution is 6.10. The number of nitrogens with zero attached hydrogens (tertiary/aromatic N) is 3. The van der Waals surface area contributed by atoms with Gasteiger partial charge < -0.3 is 4.57 Å². The molecule has 0 saturated carbocycles. The molecule has 3 heteroatoms. The first-order valence-corrected chi connectivity index (χ1v) is 6.63. The zero-order valence-electron chi connectivity index (χ0n) is 12.4. The van der Waals surface area contributed by atoms with Crippen LogP contribution in [0.1, 0.15) is 31.5 Å². The summed E-state index contributed by atoms with van der Waals surface area (Å²) >= 11 is 0. The fourth-order valence-electron chi connectivity index (χ4n) is 2.10. The van der Waals surface area contributed by atoms with Crippen LogP contribution >= 0.6 is 0 Å². The SMILES string of the molecule is CC/C(C)=C\C(=NC)c1cnc2c(c1)cc(C)n2C. The predicted octanol–water partition coefficient (Wildman–Crippen LogP) is 3.66. The molecule has 2 aromatic heterocycles.